The van der Waals surface area contributed by atoms with E-state index in [-0.39, 0.29) is 11.9 Å². The fourth-order valence-corrected chi connectivity index (χ4v) is 4.00. The number of hydrogen-bond donors (Lipinski definition) is 1. The average Bonchev–Trinajstić information content (AvgIpc) is 3.23. The van der Waals surface area contributed by atoms with Crippen LogP contribution in [0.1, 0.15) is 67.4 Å². The number of nitrogens with zero attached hydrogens (tertiary/aromatic N) is 3. The van der Waals surface area contributed by atoms with Crippen molar-refractivity contribution in [3.05, 3.63) is 90.0 Å². The van der Waals surface area contributed by atoms with Crippen molar-refractivity contribution < 1.29 is 9.53 Å². The lowest BCUT2D eigenvalue weighted by Crippen LogP contribution is -2.29. The lowest BCUT2D eigenvalue weighted by Gasteiger charge is -2.16. The molecule has 0 aliphatic rings. The molecule has 2 aromatic heterocycles. The molecule has 0 fully saturated rings. The van der Waals surface area contributed by atoms with Gasteiger partial charge >= 0.3 is 0 Å². The molecule has 0 aliphatic carbocycles. The van der Waals surface area contributed by atoms with Crippen molar-refractivity contribution in [2.45, 2.75) is 52.1 Å². The lowest BCUT2D eigenvalue weighted by molar-refractivity contribution is 0.0932. The number of benzene rings is 2. The molecule has 4 aromatic rings. The maximum absolute atomic E-state index is 12.6. The highest BCUT2D eigenvalue weighted by Gasteiger charge is 2.19. The van der Waals surface area contributed by atoms with Gasteiger partial charge < -0.3 is 14.6 Å². The first-order valence-corrected chi connectivity index (χ1v) is 11.9. The van der Waals surface area contributed by atoms with Gasteiger partial charge in [0.2, 0.25) is 0 Å². The van der Waals surface area contributed by atoms with Crippen molar-refractivity contribution in [3.8, 4) is 5.75 Å². The third kappa shape index (κ3) is 5.63. The van der Waals surface area contributed by atoms with E-state index in [1.807, 2.05) is 43.3 Å². The molecule has 1 amide bonds. The smallest absolute Gasteiger partial charge is 0.270 e. The molecule has 1 N–H and O–H groups in total. The predicted octanol–water partition coefficient (Wildman–Crippen LogP) is 5.90. The Bertz CT molecular complexity index is 1220. The topological polar surface area (TPSA) is 69.0 Å². The largest absolute Gasteiger partial charge is 0.494 e. The van der Waals surface area contributed by atoms with E-state index in [1.165, 1.54) is 5.56 Å². The van der Waals surface area contributed by atoms with Gasteiger partial charge in [-0.1, -0.05) is 44.2 Å². The van der Waals surface area contributed by atoms with E-state index in [0.29, 0.717) is 18.2 Å². The van der Waals surface area contributed by atoms with E-state index in [2.05, 4.69) is 46.9 Å². The van der Waals surface area contributed by atoms with Crippen LogP contribution in [0.5, 0.6) is 5.75 Å². The summed E-state index contributed by atoms with van der Waals surface area (Å²) in [7, 11) is 0. The zero-order valence-electron chi connectivity index (χ0n) is 20.1. The van der Waals surface area contributed by atoms with Gasteiger partial charge in [0.1, 0.15) is 17.3 Å². The number of aromatic nitrogens is 3. The number of carbonyl (C=O) groups is 1. The molecule has 0 saturated carbocycles. The molecule has 0 bridgehead atoms. The Morgan fingerprint density at radius 1 is 0.971 bits per heavy atom. The summed E-state index contributed by atoms with van der Waals surface area (Å²) >= 11 is 0. The Kier molecular flexibility index (Phi) is 7.58. The molecule has 1 atom stereocenters. The molecule has 0 aliphatic heterocycles. The van der Waals surface area contributed by atoms with Crippen LogP contribution >= 0.6 is 0 Å². The van der Waals surface area contributed by atoms with Gasteiger partial charge in [0.05, 0.1) is 23.7 Å². The maximum Gasteiger partial charge on any atom is 0.270 e. The first kappa shape index (κ1) is 23.5. The molecule has 4 rings (SSSR count). The summed E-state index contributed by atoms with van der Waals surface area (Å²) in [5.74, 6) is 2.06. The zero-order chi connectivity index (χ0) is 23.9. The molecule has 6 nitrogen and oxygen atoms in total. The summed E-state index contributed by atoms with van der Waals surface area (Å²) in [6, 6.07) is 21.5. The maximum atomic E-state index is 12.6. The van der Waals surface area contributed by atoms with E-state index < -0.39 is 0 Å². The molecule has 34 heavy (non-hydrogen) atoms. The molecule has 2 aromatic carbocycles. The molecule has 6 heteroatoms. The minimum absolute atomic E-state index is 0.205. The summed E-state index contributed by atoms with van der Waals surface area (Å²) in [6.45, 7) is 7.80. The van der Waals surface area contributed by atoms with E-state index in [1.54, 1.807) is 18.3 Å². The summed E-state index contributed by atoms with van der Waals surface area (Å²) in [5.41, 5.74) is 3.71. The lowest BCUT2D eigenvalue weighted by atomic mass is 10.0. The second-order valence-corrected chi connectivity index (χ2v) is 8.80. The Morgan fingerprint density at radius 2 is 1.74 bits per heavy atom. The molecular weight excluding hydrogens is 424 g/mol. The van der Waals surface area contributed by atoms with Crippen molar-refractivity contribution in [2.24, 2.45) is 0 Å². The van der Waals surface area contributed by atoms with Gasteiger partial charge in [-0.15, -0.1) is 0 Å². The van der Waals surface area contributed by atoms with Gasteiger partial charge in [0.25, 0.3) is 5.91 Å². The number of para-hydroxylation sites is 2. The second kappa shape index (κ2) is 11.0. The number of nitrogens with one attached hydrogen (secondary N) is 1. The van der Waals surface area contributed by atoms with Crippen LogP contribution < -0.4 is 10.1 Å². The highest BCUT2D eigenvalue weighted by atomic mass is 16.5. The molecule has 0 saturated heterocycles. The molecule has 176 valence electrons. The van der Waals surface area contributed by atoms with Crippen LogP contribution in [0.15, 0.2) is 72.9 Å². The van der Waals surface area contributed by atoms with Crippen molar-refractivity contribution >= 4 is 16.9 Å². The van der Waals surface area contributed by atoms with E-state index in [0.717, 1.165) is 42.0 Å². The molecule has 0 radical (unpaired) electrons. The molecular formula is C28H32N4O2. The number of rotatable bonds is 10. The zero-order valence-corrected chi connectivity index (χ0v) is 20.1. The molecule has 0 spiro atoms. The average molecular weight is 457 g/mol. The predicted molar refractivity (Wildman–Crippen MR) is 135 cm³/mol. The van der Waals surface area contributed by atoms with Crippen LogP contribution in [0.3, 0.4) is 0 Å². The second-order valence-electron chi connectivity index (χ2n) is 8.80. The fraction of sp³-hybridized carbons (Fsp3) is 0.321. The number of imidazole rings is 1. The number of fused-ring (bicyclic) bond motifs is 1. The van der Waals surface area contributed by atoms with Crippen molar-refractivity contribution in [3.63, 3.8) is 0 Å². The van der Waals surface area contributed by atoms with E-state index in [4.69, 9.17) is 9.72 Å². The first-order valence-electron chi connectivity index (χ1n) is 11.9. The van der Waals surface area contributed by atoms with Crippen molar-refractivity contribution in [2.75, 3.05) is 6.61 Å². The van der Waals surface area contributed by atoms with Gasteiger partial charge in [0, 0.05) is 12.7 Å². The van der Waals surface area contributed by atoms with E-state index in [9.17, 15) is 4.79 Å². The fourth-order valence-electron chi connectivity index (χ4n) is 4.00. The standard InChI is InChI=1S/C28H32N4O2/c1-20(2)22-13-15-23(16-14-22)34-19-9-8-18-32-26-12-5-4-10-24(26)31-27(32)21(3)30-28(33)25-11-6-7-17-29-25/h4-7,10-17,20-21H,8-9,18-19H2,1-3H3,(H,30,33). The highest BCUT2D eigenvalue weighted by molar-refractivity contribution is 5.92. The van der Waals surface area contributed by atoms with Crippen molar-refractivity contribution in [1.29, 1.82) is 0 Å². The monoisotopic (exact) mass is 456 g/mol. The minimum atomic E-state index is -0.252. The summed E-state index contributed by atoms with van der Waals surface area (Å²) in [5, 5.41) is 3.04. The third-order valence-corrected chi connectivity index (χ3v) is 5.91. The van der Waals surface area contributed by atoms with Gasteiger partial charge in [-0.3, -0.25) is 9.78 Å². The normalized spacial score (nSPS) is 12.1. The third-order valence-electron chi connectivity index (χ3n) is 5.91. The SMILES string of the molecule is CC(C)c1ccc(OCCCCn2c(C(C)NC(=O)c3ccccn3)nc3ccccc32)cc1. The van der Waals surface area contributed by atoms with Crippen LogP contribution in [0.4, 0.5) is 0 Å². The quantitative estimate of drug-likeness (QED) is 0.301. The van der Waals surface area contributed by atoms with Crippen LogP contribution in [-0.2, 0) is 6.54 Å². The van der Waals surface area contributed by atoms with Crippen LogP contribution in [0.2, 0.25) is 0 Å². The number of unbranched alkanes of at least 4 members (excludes halogenated alkanes) is 1. The Labute approximate surface area is 201 Å². The highest BCUT2D eigenvalue weighted by Crippen LogP contribution is 2.22. The first-order chi connectivity index (χ1) is 16.5. The number of amides is 1. The van der Waals surface area contributed by atoms with Crippen LogP contribution in [0.25, 0.3) is 11.0 Å². The number of carbonyl (C=O) groups excluding carboxylic acids is 1. The summed E-state index contributed by atoms with van der Waals surface area (Å²) in [6.07, 6.45) is 3.49. The van der Waals surface area contributed by atoms with Crippen LogP contribution in [0, 0.1) is 0 Å². The minimum Gasteiger partial charge on any atom is -0.494 e. The summed E-state index contributed by atoms with van der Waals surface area (Å²) in [4.78, 5) is 21.6. The Morgan fingerprint density at radius 3 is 2.47 bits per heavy atom. The molecule has 2 heterocycles. The Hall–Kier alpha value is -3.67. The Balaban J connectivity index is 1.38. The van der Waals surface area contributed by atoms with Gasteiger partial charge in [-0.2, -0.15) is 0 Å². The van der Waals surface area contributed by atoms with Crippen molar-refractivity contribution in [1.82, 2.24) is 19.9 Å². The number of ether oxygens (including phenoxy) is 1. The number of pyridine rings is 1. The van der Waals surface area contributed by atoms with Crippen LogP contribution in [-0.4, -0.2) is 27.0 Å². The number of aryl methyl sites for hydroxylation is 1. The van der Waals surface area contributed by atoms with Gasteiger partial charge in [0.15, 0.2) is 0 Å². The van der Waals surface area contributed by atoms with Gasteiger partial charge in [-0.25, -0.2) is 4.98 Å². The van der Waals surface area contributed by atoms with Gasteiger partial charge in [-0.05, 0) is 67.6 Å². The number of hydrogen-bond acceptors (Lipinski definition) is 4. The molecule has 1 unspecified atom stereocenters. The summed E-state index contributed by atoms with van der Waals surface area (Å²) < 4.78 is 8.14. The van der Waals surface area contributed by atoms with E-state index >= 15 is 0 Å².